The number of rotatable bonds is 5. The van der Waals surface area contributed by atoms with Crippen LogP contribution in [0.25, 0.3) is 22.2 Å². The van der Waals surface area contributed by atoms with Gasteiger partial charge in [-0.2, -0.15) is 5.26 Å². The minimum absolute atomic E-state index is 0.0485. The largest absolute Gasteiger partial charge is 0.348 e. The number of carbonyl (C=O) groups excluding carboxylic acids is 1. The van der Waals surface area contributed by atoms with Crippen LogP contribution in [-0.2, 0) is 17.8 Å². The van der Waals surface area contributed by atoms with E-state index in [9.17, 15) is 4.79 Å². The van der Waals surface area contributed by atoms with Crippen molar-refractivity contribution in [2.24, 2.45) is 0 Å². The third kappa shape index (κ3) is 3.17. The van der Waals surface area contributed by atoms with Crippen LogP contribution < -0.4 is 0 Å². The Labute approximate surface area is 144 Å². The second-order valence-corrected chi connectivity index (χ2v) is 6.70. The average Bonchev–Trinajstić information content (AvgIpc) is 3.17. The molecule has 0 saturated carbocycles. The fourth-order valence-electron chi connectivity index (χ4n) is 2.61. The molecule has 0 unspecified atom stereocenters. The van der Waals surface area contributed by atoms with Crippen LogP contribution in [0.15, 0.2) is 35.8 Å². The normalized spacial score (nSPS) is 10.7. The molecule has 0 aliphatic heterocycles. The van der Waals surface area contributed by atoms with Crippen LogP contribution in [0.2, 0.25) is 0 Å². The second-order valence-electron chi connectivity index (χ2n) is 5.75. The summed E-state index contributed by atoms with van der Waals surface area (Å²) in [6, 6.07) is 10.3. The maximum atomic E-state index is 11.9. The number of aryl methyl sites for hydroxylation is 1. The van der Waals surface area contributed by atoms with Crippen molar-refractivity contribution < 1.29 is 4.79 Å². The molecular weight excluding hydrogens is 320 g/mol. The van der Waals surface area contributed by atoms with E-state index in [1.807, 2.05) is 17.5 Å². The first-order valence-corrected chi connectivity index (χ1v) is 8.58. The standard InChI is InChI=1S/C18H18N4OS/c1-21(2)18(23)10-17-20-15(12-24-17)14-11-22(9-5-8-19)16-7-4-3-6-13(14)16/h3-4,6-7,11-12H,5,9-10H2,1-2H3. The number of nitriles is 1. The number of para-hydroxylation sites is 1. The summed E-state index contributed by atoms with van der Waals surface area (Å²) in [7, 11) is 3.50. The van der Waals surface area contributed by atoms with Gasteiger partial charge in [0, 0.05) is 48.7 Å². The molecule has 0 spiro atoms. The van der Waals surface area contributed by atoms with Crippen LogP contribution in [0, 0.1) is 11.3 Å². The minimum atomic E-state index is 0.0485. The van der Waals surface area contributed by atoms with Crippen LogP contribution >= 0.6 is 11.3 Å². The van der Waals surface area contributed by atoms with Gasteiger partial charge in [-0.15, -0.1) is 11.3 Å². The maximum Gasteiger partial charge on any atom is 0.228 e. The molecule has 122 valence electrons. The Balaban J connectivity index is 1.96. The smallest absolute Gasteiger partial charge is 0.228 e. The van der Waals surface area contributed by atoms with E-state index in [0.717, 1.165) is 27.2 Å². The van der Waals surface area contributed by atoms with Crippen LogP contribution in [0.5, 0.6) is 0 Å². The highest BCUT2D eigenvalue weighted by Crippen LogP contribution is 2.31. The van der Waals surface area contributed by atoms with E-state index in [-0.39, 0.29) is 5.91 Å². The molecule has 1 aromatic carbocycles. The summed E-state index contributed by atoms with van der Waals surface area (Å²) in [6.07, 6.45) is 2.84. The summed E-state index contributed by atoms with van der Waals surface area (Å²) in [5.74, 6) is 0.0485. The van der Waals surface area contributed by atoms with Crippen molar-refractivity contribution in [1.82, 2.24) is 14.5 Å². The summed E-state index contributed by atoms with van der Waals surface area (Å²) >= 11 is 1.51. The second kappa shape index (κ2) is 6.85. The van der Waals surface area contributed by atoms with Crippen molar-refractivity contribution >= 4 is 28.1 Å². The van der Waals surface area contributed by atoms with E-state index < -0.39 is 0 Å². The Bertz CT molecular complexity index is 917. The minimum Gasteiger partial charge on any atom is -0.348 e. The van der Waals surface area contributed by atoms with Gasteiger partial charge in [0.1, 0.15) is 5.01 Å². The number of aromatic nitrogens is 2. The lowest BCUT2D eigenvalue weighted by atomic mass is 10.1. The van der Waals surface area contributed by atoms with Gasteiger partial charge in [-0.1, -0.05) is 18.2 Å². The molecule has 6 heteroatoms. The fourth-order valence-corrected chi connectivity index (χ4v) is 3.39. The zero-order valence-corrected chi connectivity index (χ0v) is 14.5. The number of nitrogens with zero attached hydrogens (tertiary/aromatic N) is 4. The quantitative estimate of drug-likeness (QED) is 0.717. The predicted molar refractivity (Wildman–Crippen MR) is 95.7 cm³/mol. The first-order valence-electron chi connectivity index (χ1n) is 7.70. The van der Waals surface area contributed by atoms with Crippen LogP contribution in [0.1, 0.15) is 11.4 Å². The molecule has 0 aliphatic carbocycles. The predicted octanol–water partition coefficient (Wildman–Crippen LogP) is 3.31. The lowest BCUT2D eigenvalue weighted by Gasteiger charge is -2.07. The highest BCUT2D eigenvalue weighted by Gasteiger charge is 2.14. The van der Waals surface area contributed by atoms with Crippen LogP contribution in [0.3, 0.4) is 0 Å². The molecule has 0 bridgehead atoms. The summed E-state index contributed by atoms with van der Waals surface area (Å²) in [5, 5.41) is 12.8. The Kier molecular flexibility index (Phi) is 4.63. The highest BCUT2D eigenvalue weighted by molar-refractivity contribution is 7.10. The molecule has 5 nitrogen and oxygen atoms in total. The number of benzene rings is 1. The number of thiazole rings is 1. The number of carbonyl (C=O) groups is 1. The fraction of sp³-hybridized carbons (Fsp3) is 0.278. The van der Waals surface area contributed by atoms with E-state index >= 15 is 0 Å². The Morgan fingerprint density at radius 3 is 2.92 bits per heavy atom. The lowest BCUT2D eigenvalue weighted by Crippen LogP contribution is -2.23. The Morgan fingerprint density at radius 1 is 1.38 bits per heavy atom. The maximum absolute atomic E-state index is 11.9. The van der Waals surface area contributed by atoms with Crippen LogP contribution in [-0.4, -0.2) is 34.5 Å². The summed E-state index contributed by atoms with van der Waals surface area (Å²) in [4.78, 5) is 18.1. The number of hydrogen-bond acceptors (Lipinski definition) is 4. The zero-order chi connectivity index (χ0) is 17.1. The number of amides is 1. The van der Waals surface area contributed by atoms with Crippen molar-refractivity contribution in [3.63, 3.8) is 0 Å². The van der Waals surface area contributed by atoms with Crippen molar-refractivity contribution in [3.05, 3.63) is 40.8 Å². The van der Waals surface area contributed by atoms with Crippen molar-refractivity contribution in [2.75, 3.05) is 14.1 Å². The molecule has 1 amide bonds. The van der Waals surface area contributed by atoms with Gasteiger partial charge in [-0.3, -0.25) is 4.79 Å². The third-order valence-corrected chi connectivity index (χ3v) is 4.73. The SMILES string of the molecule is CN(C)C(=O)Cc1nc(-c2cn(CCC#N)c3ccccc23)cs1. The van der Waals surface area contributed by atoms with Gasteiger partial charge >= 0.3 is 0 Å². The van der Waals surface area contributed by atoms with Crippen LogP contribution in [0.4, 0.5) is 0 Å². The monoisotopic (exact) mass is 338 g/mol. The third-order valence-electron chi connectivity index (χ3n) is 3.88. The molecule has 0 fully saturated rings. The average molecular weight is 338 g/mol. The van der Waals surface area contributed by atoms with Gasteiger partial charge in [0.25, 0.3) is 0 Å². The van der Waals surface area contributed by atoms with Crippen molar-refractivity contribution in [1.29, 1.82) is 5.26 Å². The molecule has 0 radical (unpaired) electrons. The van der Waals surface area contributed by atoms with Crippen molar-refractivity contribution in [2.45, 2.75) is 19.4 Å². The summed E-state index contributed by atoms with van der Waals surface area (Å²) < 4.78 is 2.10. The molecule has 0 atom stereocenters. The lowest BCUT2D eigenvalue weighted by molar-refractivity contribution is -0.127. The zero-order valence-electron chi connectivity index (χ0n) is 13.7. The number of likely N-dealkylation sites (N-methyl/N-ethyl adjacent to an activating group) is 1. The topological polar surface area (TPSA) is 61.9 Å². The molecule has 2 aromatic heterocycles. The van der Waals surface area contributed by atoms with E-state index in [0.29, 0.717) is 19.4 Å². The number of fused-ring (bicyclic) bond motifs is 1. The first-order chi connectivity index (χ1) is 11.6. The Hall–Kier alpha value is -2.65. The summed E-state index contributed by atoms with van der Waals surface area (Å²) in [6.45, 7) is 0.660. The van der Waals surface area contributed by atoms with Gasteiger partial charge in [-0.25, -0.2) is 4.98 Å². The molecule has 0 N–H and O–H groups in total. The van der Waals surface area contributed by atoms with Gasteiger partial charge < -0.3 is 9.47 Å². The van der Waals surface area contributed by atoms with E-state index in [1.165, 1.54) is 11.3 Å². The molecule has 0 aliphatic rings. The molecule has 24 heavy (non-hydrogen) atoms. The van der Waals surface area contributed by atoms with E-state index in [2.05, 4.69) is 33.9 Å². The molecular formula is C18H18N4OS. The Morgan fingerprint density at radius 2 is 2.17 bits per heavy atom. The van der Waals surface area contributed by atoms with E-state index in [4.69, 9.17) is 5.26 Å². The molecule has 3 rings (SSSR count). The highest BCUT2D eigenvalue weighted by atomic mass is 32.1. The van der Waals surface area contributed by atoms with Gasteiger partial charge in [0.15, 0.2) is 0 Å². The molecule has 3 aromatic rings. The molecule has 2 heterocycles. The van der Waals surface area contributed by atoms with E-state index in [1.54, 1.807) is 19.0 Å². The molecule has 0 saturated heterocycles. The van der Waals surface area contributed by atoms with Gasteiger partial charge in [0.2, 0.25) is 5.91 Å². The van der Waals surface area contributed by atoms with Crippen molar-refractivity contribution in [3.8, 4) is 17.3 Å². The van der Waals surface area contributed by atoms with Gasteiger partial charge in [-0.05, 0) is 6.07 Å². The first kappa shape index (κ1) is 16.2. The summed E-state index contributed by atoms with van der Waals surface area (Å²) in [5.41, 5.74) is 3.03. The van der Waals surface area contributed by atoms with Gasteiger partial charge in [0.05, 0.1) is 24.6 Å². The number of hydrogen-bond donors (Lipinski definition) is 0.